The molecule has 2 saturated heterocycles. The molecule has 5 atom stereocenters. The maximum absolute atomic E-state index is 11.5. The van der Waals surface area contributed by atoms with Gasteiger partial charge in [-0.05, 0) is 54.9 Å². The number of aromatic nitrogens is 1. The summed E-state index contributed by atoms with van der Waals surface area (Å²) in [5.74, 6) is 2.85. The summed E-state index contributed by atoms with van der Waals surface area (Å²) in [6, 6.07) is 6.66. The molecule has 27 heavy (non-hydrogen) atoms. The minimum Gasteiger partial charge on any atom is -0.437 e. The molecule has 3 unspecified atom stereocenters. The molecule has 1 aromatic carbocycles. The van der Waals surface area contributed by atoms with Crippen LogP contribution in [0.1, 0.15) is 43.4 Å². The summed E-state index contributed by atoms with van der Waals surface area (Å²) in [4.78, 5) is 14.3. The van der Waals surface area contributed by atoms with Crippen LogP contribution in [0.4, 0.5) is 4.79 Å². The van der Waals surface area contributed by atoms with Crippen molar-refractivity contribution in [1.29, 1.82) is 0 Å². The highest BCUT2D eigenvalue weighted by atomic mass is 16.7. The number of benzene rings is 1. The van der Waals surface area contributed by atoms with Gasteiger partial charge >= 0.3 is 6.16 Å². The SMILES string of the molecule is CCC1C[C@H]2C[C@H]3c4c(c5cc(OC(=O)OC)ccc5n4C)CCN(C2)C13. The Hall–Kier alpha value is -2.01. The number of aryl methyl sites for hydroxylation is 1. The van der Waals surface area contributed by atoms with Crippen molar-refractivity contribution in [3.05, 3.63) is 29.5 Å². The zero-order valence-electron chi connectivity index (χ0n) is 16.4. The van der Waals surface area contributed by atoms with Crippen molar-refractivity contribution in [2.75, 3.05) is 20.2 Å². The lowest BCUT2D eigenvalue weighted by molar-refractivity contribution is -0.0140. The van der Waals surface area contributed by atoms with E-state index in [2.05, 4.69) is 34.2 Å². The molecule has 0 N–H and O–H groups in total. The first-order chi connectivity index (χ1) is 13.1. The second-order valence-electron chi connectivity index (χ2n) is 8.51. The third-order valence-electron chi connectivity index (χ3n) is 7.25. The lowest BCUT2D eigenvalue weighted by atomic mass is 9.65. The molecular weight excluding hydrogens is 340 g/mol. The maximum Gasteiger partial charge on any atom is 0.513 e. The first kappa shape index (κ1) is 17.1. The normalized spacial score (nSPS) is 31.4. The van der Waals surface area contributed by atoms with Gasteiger partial charge in [0.15, 0.2) is 0 Å². The lowest BCUT2D eigenvalue weighted by Crippen LogP contribution is -2.56. The fourth-order valence-electron chi connectivity index (χ4n) is 6.28. The molecule has 144 valence electrons. The molecule has 0 amide bonds. The summed E-state index contributed by atoms with van der Waals surface area (Å²) < 4.78 is 12.3. The van der Waals surface area contributed by atoms with Crippen molar-refractivity contribution in [2.24, 2.45) is 18.9 Å². The Morgan fingerprint density at radius 3 is 2.93 bits per heavy atom. The number of carbonyl (C=O) groups is 1. The van der Waals surface area contributed by atoms with E-state index >= 15 is 0 Å². The van der Waals surface area contributed by atoms with Crippen LogP contribution >= 0.6 is 0 Å². The highest BCUT2D eigenvalue weighted by molar-refractivity contribution is 5.88. The minimum atomic E-state index is -0.665. The van der Waals surface area contributed by atoms with Gasteiger partial charge in [0.05, 0.1) is 7.11 Å². The number of fused-ring (bicyclic) bond motifs is 4. The molecule has 0 spiro atoms. The number of ether oxygens (including phenoxy) is 2. The predicted octanol–water partition coefficient (Wildman–Crippen LogP) is 4.08. The number of hydrogen-bond donors (Lipinski definition) is 0. The van der Waals surface area contributed by atoms with Crippen LogP contribution in [-0.2, 0) is 18.2 Å². The van der Waals surface area contributed by atoms with Gasteiger partial charge in [0, 0.05) is 48.7 Å². The van der Waals surface area contributed by atoms with Crippen molar-refractivity contribution < 1.29 is 14.3 Å². The Labute approximate surface area is 160 Å². The summed E-state index contributed by atoms with van der Waals surface area (Å²) in [5.41, 5.74) is 4.22. The molecule has 1 aliphatic carbocycles. The fraction of sp³-hybridized carbons (Fsp3) is 0.591. The van der Waals surface area contributed by atoms with E-state index < -0.39 is 6.16 Å². The van der Waals surface area contributed by atoms with E-state index in [1.54, 1.807) is 0 Å². The van der Waals surface area contributed by atoms with Gasteiger partial charge in [-0.15, -0.1) is 0 Å². The van der Waals surface area contributed by atoms with Gasteiger partial charge in [0.1, 0.15) is 5.75 Å². The van der Waals surface area contributed by atoms with Gasteiger partial charge < -0.3 is 14.0 Å². The van der Waals surface area contributed by atoms with E-state index in [-0.39, 0.29) is 0 Å². The fourth-order valence-corrected chi connectivity index (χ4v) is 6.28. The average molecular weight is 368 g/mol. The first-order valence-corrected chi connectivity index (χ1v) is 10.2. The van der Waals surface area contributed by atoms with Gasteiger partial charge in [0.2, 0.25) is 0 Å². The molecule has 2 aromatic rings. The molecule has 5 nitrogen and oxygen atoms in total. The molecule has 6 rings (SSSR count). The largest absolute Gasteiger partial charge is 0.513 e. The zero-order chi connectivity index (χ0) is 18.7. The smallest absolute Gasteiger partial charge is 0.437 e. The predicted molar refractivity (Wildman–Crippen MR) is 104 cm³/mol. The molecule has 4 aliphatic rings. The number of hydrogen-bond acceptors (Lipinski definition) is 4. The number of piperidine rings is 2. The quantitative estimate of drug-likeness (QED) is 0.592. The summed E-state index contributed by atoms with van der Waals surface area (Å²) in [6.07, 6.45) is 4.42. The Bertz CT molecular complexity index is 903. The Kier molecular flexibility index (Phi) is 3.97. The number of carbonyl (C=O) groups excluding carboxylic acids is 1. The first-order valence-electron chi connectivity index (χ1n) is 10.2. The third-order valence-corrected chi connectivity index (χ3v) is 7.25. The third kappa shape index (κ3) is 2.51. The van der Waals surface area contributed by atoms with Crippen LogP contribution in [0.2, 0.25) is 0 Å². The van der Waals surface area contributed by atoms with Crippen LogP contribution in [0.15, 0.2) is 18.2 Å². The van der Waals surface area contributed by atoms with Crippen molar-refractivity contribution in [2.45, 2.75) is 44.6 Å². The van der Waals surface area contributed by atoms with Crippen molar-refractivity contribution in [1.82, 2.24) is 9.47 Å². The Morgan fingerprint density at radius 1 is 1.30 bits per heavy atom. The van der Waals surface area contributed by atoms with Gasteiger partial charge in [-0.3, -0.25) is 4.90 Å². The summed E-state index contributed by atoms with van der Waals surface area (Å²) in [6.45, 7) is 4.78. The van der Waals surface area contributed by atoms with E-state index in [9.17, 15) is 4.79 Å². The van der Waals surface area contributed by atoms with Gasteiger partial charge in [0.25, 0.3) is 0 Å². The van der Waals surface area contributed by atoms with Crippen LogP contribution < -0.4 is 4.74 Å². The molecule has 4 bridgehead atoms. The summed E-state index contributed by atoms with van der Waals surface area (Å²) in [5, 5.41) is 1.23. The number of rotatable bonds is 2. The van der Waals surface area contributed by atoms with Crippen LogP contribution in [0, 0.1) is 11.8 Å². The zero-order valence-corrected chi connectivity index (χ0v) is 16.4. The minimum absolute atomic E-state index is 0.559. The van der Waals surface area contributed by atoms with Crippen molar-refractivity contribution >= 4 is 17.1 Å². The van der Waals surface area contributed by atoms with Gasteiger partial charge in [-0.1, -0.05) is 13.3 Å². The van der Waals surface area contributed by atoms with Gasteiger partial charge in [-0.25, -0.2) is 4.79 Å². The summed E-state index contributed by atoms with van der Waals surface area (Å²) in [7, 11) is 3.55. The Morgan fingerprint density at radius 2 is 2.15 bits per heavy atom. The molecule has 1 saturated carbocycles. The molecule has 1 aromatic heterocycles. The maximum atomic E-state index is 11.5. The highest BCUT2D eigenvalue weighted by Gasteiger charge is 2.49. The molecule has 0 radical (unpaired) electrons. The molecule has 3 aliphatic heterocycles. The average Bonchev–Trinajstić information content (AvgIpc) is 2.89. The van der Waals surface area contributed by atoms with Gasteiger partial charge in [-0.2, -0.15) is 0 Å². The van der Waals surface area contributed by atoms with E-state index in [0.29, 0.717) is 17.7 Å². The standard InChI is InChI=1S/C22H28N2O3/c1-4-14-9-13-10-18-20(14)24(12-13)8-7-16-17-11-15(27-22(25)26-3)5-6-19(17)23(2)21(16)18/h5-6,11,13-14,18,20H,4,7-10,12H2,1-3H3/t13-,14?,18+,20?/m0/s1. The van der Waals surface area contributed by atoms with Crippen LogP contribution in [0.3, 0.4) is 0 Å². The lowest BCUT2D eigenvalue weighted by Gasteiger charge is -2.53. The Balaban J connectivity index is 1.63. The second kappa shape index (κ2) is 6.26. The van der Waals surface area contributed by atoms with Crippen molar-refractivity contribution in [3.63, 3.8) is 0 Å². The molecule has 3 fully saturated rings. The van der Waals surface area contributed by atoms with E-state index in [1.807, 2.05) is 12.1 Å². The molecular formula is C22H28N2O3. The topological polar surface area (TPSA) is 43.7 Å². The van der Waals surface area contributed by atoms with Crippen LogP contribution in [0.5, 0.6) is 5.75 Å². The molecule has 5 heteroatoms. The van der Waals surface area contributed by atoms with Crippen LogP contribution in [0.25, 0.3) is 10.9 Å². The summed E-state index contributed by atoms with van der Waals surface area (Å²) >= 11 is 0. The van der Waals surface area contributed by atoms with E-state index in [0.717, 1.165) is 24.8 Å². The van der Waals surface area contributed by atoms with Crippen molar-refractivity contribution in [3.8, 4) is 5.75 Å². The van der Waals surface area contributed by atoms with Crippen LogP contribution in [-0.4, -0.2) is 41.9 Å². The van der Waals surface area contributed by atoms with E-state index in [4.69, 9.17) is 4.74 Å². The van der Waals surface area contributed by atoms with E-state index in [1.165, 1.54) is 55.1 Å². The number of nitrogens with zero attached hydrogens (tertiary/aromatic N) is 2. The molecule has 4 heterocycles. The second-order valence-corrected chi connectivity index (χ2v) is 8.51. The monoisotopic (exact) mass is 368 g/mol. The number of methoxy groups -OCH3 is 1. The highest BCUT2D eigenvalue weighted by Crippen LogP contribution is 2.51.